The van der Waals surface area contributed by atoms with Gasteiger partial charge >= 0.3 is 6.18 Å². The molecule has 1 aromatic heterocycles. The van der Waals surface area contributed by atoms with Crippen LogP contribution in [0, 0.1) is 0 Å². The van der Waals surface area contributed by atoms with Crippen LogP contribution >= 0.6 is 11.8 Å². The monoisotopic (exact) mass is 260 g/mol. The summed E-state index contributed by atoms with van der Waals surface area (Å²) in [4.78, 5) is 0. The van der Waals surface area contributed by atoms with E-state index >= 15 is 0 Å². The molecule has 1 heterocycles. The lowest BCUT2D eigenvalue weighted by Gasteiger charge is -2.12. The van der Waals surface area contributed by atoms with Crippen molar-refractivity contribution in [3.8, 4) is 5.69 Å². The van der Waals surface area contributed by atoms with Gasteiger partial charge in [0.1, 0.15) is 0 Å². The molecule has 8 heteroatoms. The Hall–Kier alpha value is -1.57. The fourth-order valence-corrected chi connectivity index (χ4v) is 1.78. The van der Waals surface area contributed by atoms with Gasteiger partial charge in [0.2, 0.25) is 5.16 Å². The first-order chi connectivity index (χ1) is 8.04. The summed E-state index contributed by atoms with van der Waals surface area (Å²) in [5.41, 5.74) is -0.836. The molecule has 4 nitrogen and oxygen atoms in total. The minimum Gasteiger partial charge on any atom is -0.187 e. The minimum absolute atomic E-state index is 0.0747. The number of alkyl halides is 3. The highest BCUT2D eigenvalue weighted by atomic mass is 32.2. The number of hydrogen-bond acceptors (Lipinski definition) is 4. The third-order valence-electron chi connectivity index (χ3n) is 2.06. The Balaban J connectivity index is 2.60. The maximum absolute atomic E-state index is 12.8. The van der Waals surface area contributed by atoms with Crippen molar-refractivity contribution in [2.24, 2.45) is 0 Å². The average Bonchev–Trinajstić information content (AvgIpc) is 2.75. The zero-order chi connectivity index (χ0) is 12.5. The molecule has 0 saturated carbocycles. The molecule has 0 bridgehead atoms. The van der Waals surface area contributed by atoms with Gasteiger partial charge in [-0.25, -0.2) is 0 Å². The molecule has 0 aliphatic rings. The molecule has 0 spiro atoms. The molecule has 17 heavy (non-hydrogen) atoms. The van der Waals surface area contributed by atoms with Gasteiger partial charge in [-0.2, -0.15) is 17.9 Å². The first kappa shape index (κ1) is 11.9. The van der Waals surface area contributed by atoms with Crippen molar-refractivity contribution in [1.29, 1.82) is 0 Å². The molecule has 2 rings (SSSR count). The second-order valence-corrected chi connectivity index (χ2v) is 3.87. The predicted octanol–water partition coefficient (Wildman–Crippen LogP) is 2.40. The lowest BCUT2D eigenvalue weighted by molar-refractivity contribution is -0.137. The van der Waals surface area contributed by atoms with Gasteiger partial charge in [-0.15, -0.1) is 5.10 Å². The molecule has 0 aliphatic carbocycles. The Morgan fingerprint density at radius 2 is 1.94 bits per heavy atom. The van der Waals surface area contributed by atoms with Crippen LogP contribution < -0.4 is 0 Å². The topological polar surface area (TPSA) is 43.6 Å². The van der Waals surface area contributed by atoms with Crippen molar-refractivity contribution >= 4 is 11.8 Å². The largest absolute Gasteiger partial charge is 0.418 e. The molecule has 2 aromatic rings. The van der Waals surface area contributed by atoms with Crippen molar-refractivity contribution in [3.63, 3.8) is 0 Å². The second kappa shape index (κ2) is 4.36. The van der Waals surface area contributed by atoms with Crippen LogP contribution in [-0.2, 0) is 6.18 Å². The molecule has 90 valence electrons. The number of nitrogens with zero attached hydrogens (tertiary/aromatic N) is 4. The summed E-state index contributed by atoms with van der Waals surface area (Å²) < 4.78 is 39.4. The summed E-state index contributed by atoms with van der Waals surface area (Å²) in [5, 5.41) is 10.9. The van der Waals surface area contributed by atoms with Gasteiger partial charge in [0, 0.05) is 0 Å². The summed E-state index contributed by atoms with van der Waals surface area (Å²) in [6, 6.07) is 5.17. The number of halogens is 3. The van der Waals surface area contributed by atoms with E-state index in [0.717, 1.165) is 10.7 Å². The first-order valence-electron chi connectivity index (χ1n) is 4.53. The molecule has 0 aliphatic heterocycles. The minimum atomic E-state index is -4.43. The van der Waals surface area contributed by atoms with E-state index in [1.807, 2.05) is 0 Å². The van der Waals surface area contributed by atoms with E-state index in [-0.39, 0.29) is 5.69 Å². The van der Waals surface area contributed by atoms with Crippen LogP contribution in [0.4, 0.5) is 13.2 Å². The van der Waals surface area contributed by atoms with Crippen LogP contribution in [0.2, 0.25) is 0 Å². The first-order valence-corrected chi connectivity index (χ1v) is 5.75. The third kappa shape index (κ3) is 2.26. The average molecular weight is 260 g/mol. The summed E-state index contributed by atoms with van der Waals surface area (Å²) >= 11 is 1.18. The van der Waals surface area contributed by atoms with Gasteiger partial charge in [0.05, 0.1) is 11.3 Å². The zero-order valence-corrected chi connectivity index (χ0v) is 9.46. The number of thioether (sulfide) groups is 1. The van der Waals surface area contributed by atoms with Crippen LogP contribution in [0.25, 0.3) is 5.69 Å². The van der Waals surface area contributed by atoms with Gasteiger partial charge in [-0.1, -0.05) is 23.9 Å². The molecule has 0 saturated heterocycles. The van der Waals surface area contributed by atoms with Crippen molar-refractivity contribution in [2.45, 2.75) is 11.3 Å². The molecular formula is C9H7F3N4S. The van der Waals surface area contributed by atoms with Gasteiger partial charge in [-0.3, -0.25) is 0 Å². The van der Waals surface area contributed by atoms with Gasteiger partial charge in [-0.05, 0) is 28.8 Å². The van der Waals surface area contributed by atoms with Crippen molar-refractivity contribution in [2.75, 3.05) is 6.26 Å². The SMILES string of the molecule is CSc1nnnn1-c1ccccc1C(F)(F)F. The number of rotatable bonds is 2. The maximum Gasteiger partial charge on any atom is 0.418 e. The number of benzene rings is 1. The summed E-state index contributed by atoms with van der Waals surface area (Å²) in [6.45, 7) is 0. The lowest BCUT2D eigenvalue weighted by Crippen LogP contribution is -2.12. The molecule has 0 fully saturated rings. The third-order valence-corrected chi connectivity index (χ3v) is 2.68. The molecule has 0 radical (unpaired) electrons. The molecule has 0 N–H and O–H groups in total. The van der Waals surface area contributed by atoms with E-state index in [2.05, 4.69) is 15.5 Å². The number of hydrogen-bond donors (Lipinski definition) is 0. The highest BCUT2D eigenvalue weighted by Crippen LogP contribution is 2.34. The normalized spacial score (nSPS) is 11.8. The fraction of sp³-hybridized carbons (Fsp3) is 0.222. The zero-order valence-electron chi connectivity index (χ0n) is 8.64. The van der Waals surface area contributed by atoms with E-state index in [0.29, 0.717) is 5.16 Å². The van der Waals surface area contributed by atoms with E-state index < -0.39 is 11.7 Å². The van der Waals surface area contributed by atoms with E-state index in [1.165, 1.54) is 30.0 Å². The van der Waals surface area contributed by atoms with E-state index in [1.54, 1.807) is 6.26 Å². The summed E-state index contributed by atoms with van der Waals surface area (Å²) in [6.07, 6.45) is -2.74. The smallest absolute Gasteiger partial charge is 0.187 e. The Bertz CT molecular complexity index is 523. The van der Waals surface area contributed by atoms with Gasteiger partial charge < -0.3 is 0 Å². The van der Waals surface area contributed by atoms with Crippen LogP contribution in [0.3, 0.4) is 0 Å². The Morgan fingerprint density at radius 1 is 1.24 bits per heavy atom. The Kier molecular flexibility index (Phi) is 3.05. The van der Waals surface area contributed by atoms with Gasteiger partial charge in [0.25, 0.3) is 0 Å². The Morgan fingerprint density at radius 3 is 2.59 bits per heavy atom. The standard InChI is InChI=1S/C9H7F3N4S/c1-17-8-13-14-15-16(8)7-5-3-2-4-6(7)9(10,11)12/h2-5H,1H3. The van der Waals surface area contributed by atoms with Crippen LogP contribution in [0.1, 0.15) is 5.56 Å². The highest BCUT2D eigenvalue weighted by molar-refractivity contribution is 7.98. The summed E-state index contributed by atoms with van der Waals surface area (Å²) in [5.74, 6) is 0. The predicted molar refractivity (Wildman–Crippen MR) is 55.9 cm³/mol. The maximum atomic E-state index is 12.8. The van der Waals surface area contributed by atoms with Crippen LogP contribution in [0.15, 0.2) is 29.4 Å². The second-order valence-electron chi connectivity index (χ2n) is 3.09. The molecular weight excluding hydrogens is 253 g/mol. The van der Waals surface area contributed by atoms with Crippen LogP contribution in [-0.4, -0.2) is 26.5 Å². The summed E-state index contributed by atoms with van der Waals surface area (Å²) in [7, 11) is 0. The quantitative estimate of drug-likeness (QED) is 0.778. The van der Waals surface area contributed by atoms with Gasteiger partial charge in [0.15, 0.2) is 0 Å². The number of para-hydroxylation sites is 1. The van der Waals surface area contributed by atoms with Crippen molar-refractivity contribution in [3.05, 3.63) is 29.8 Å². The van der Waals surface area contributed by atoms with E-state index in [9.17, 15) is 13.2 Å². The number of aromatic nitrogens is 4. The lowest BCUT2D eigenvalue weighted by atomic mass is 10.2. The van der Waals surface area contributed by atoms with Crippen LogP contribution in [0.5, 0.6) is 0 Å². The molecule has 1 aromatic carbocycles. The molecule has 0 unspecified atom stereocenters. The number of tetrazole rings is 1. The van der Waals surface area contributed by atoms with Crippen molar-refractivity contribution in [1.82, 2.24) is 20.2 Å². The Labute approximate surface area is 98.8 Å². The van der Waals surface area contributed by atoms with Crippen molar-refractivity contribution < 1.29 is 13.2 Å². The molecule has 0 amide bonds. The highest BCUT2D eigenvalue weighted by Gasteiger charge is 2.34. The molecule has 0 atom stereocenters. The van der Waals surface area contributed by atoms with E-state index in [4.69, 9.17) is 0 Å². The fourth-order valence-electron chi connectivity index (χ4n) is 1.36.